The highest BCUT2D eigenvalue weighted by atomic mass is 19.4. The quantitative estimate of drug-likeness (QED) is 0.709. The zero-order chi connectivity index (χ0) is 22.9. The molecule has 0 spiro atoms. The molecule has 1 atom stereocenters. The number of hydrogen-bond acceptors (Lipinski definition) is 5. The lowest BCUT2D eigenvalue weighted by atomic mass is 10.0. The van der Waals surface area contributed by atoms with Gasteiger partial charge in [0.1, 0.15) is 11.4 Å². The summed E-state index contributed by atoms with van der Waals surface area (Å²) in [5.74, 6) is 0.553. The highest BCUT2D eigenvalue weighted by molar-refractivity contribution is 5.88. The van der Waals surface area contributed by atoms with Gasteiger partial charge in [-0.05, 0) is 42.7 Å². The standard InChI is InChI=1S/C23H24F3N3O3/c1-32-19-4-2-3-18-22(19)27-20(14-30)29(18)17-9-11-28(12-10-17)21(31)13-15-5-7-16(8-6-15)23(24,25)26/h2-8,14,17,20,27H,9-13H2,1H3. The van der Waals surface area contributed by atoms with E-state index in [1.807, 2.05) is 23.1 Å². The molecule has 0 aliphatic carbocycles. The minimum absolute atomic E-state index is 0.0606. The summed E-state index contributed by atoms with van der Waals surface area (Å²) >= 11 is 0. The van der Waals surface area contributed by atoms with Crippen LogP contribution in [0, 0.1) is 0 Å². The Kier molecular flexibility index (Phi) is 5.99. The van der Waals surface area contributed by atoms with Crippen LogP contribution in [0.25, 0.3) is 0 Å². The first-order valence-corrected chi connectivity index (χ1v) is 10.4. The summed E-state index contributed by atoms with van der Waals surface area (Å²) in [6.45, 7) is 1.04. The predicted octanol–water partition coefficient (Wildman–Crippen LogP) is 3.70. The molecule has 0 aromatic heterocycles. The third-order valence-electron chi connectivity index (χ3n) is 6.07. The first-order valence-electron chi connectivity index (χ1n) is 10.4. The maximum absolute atomic E-state index is 12.7. The minimum Gasteiger partial charge on any atom is -0.495 e. The smallest absolute Gasteiger partial charge is 0.416 e. The molecule has 9 heteroatoms. The van der Waals surface area contributed by atoms with Crippen molar-refractivity contribution in [3.8, 4) is 5.75 Å². The lowest BCUT2D eigenvalue weighted by Gasteiger charge is -2.39. The summed E-state index contributed by atoms with van der Waals surface area (Å²) in [6, 6.07) is 10.4. The lowest BCUT2D eigenvalue weighted by Crippen LogP contribution is -2.51. The van der Waals surface area contributed by atoms with Gasteiger partial charge in [0.2, 0.25) is 5.91 Å². The minimum atomic E-state index is -4.39. The van der Waals surface area contributed by atoms with Crippen molar-refractivity contribution >= 4 is 23.6 Å². The van der Waals surface area contributed by atoms with Crippen molar-refractivity contribution in [3.05, 3.63) is 53.6 Å². The number of halogens is 3. The Hall–Kier alpha value is -3.23. The zero-order valence-electron chi connectivity index (χ0n) is 17.6. The van der Waals surface area contributed by atoms with E-state index in [-0.39, 0.29) is 18.4 Å². The molecule has 1 saturated heterocycles. The Bertz CT molecular complexity index is 986. The number of aldehydes is 1. The molecule has 1 fully saturated rings. The number of carbonyl (C=O) groups is 2. The Balaban J connectivity index is 1.39. The lowest BCUT2D eigenvalue weighted by molar-refractivity contribution is -0.137. The molecule has 0 radical (unpaired) electrons. The van der Waals surface area contributed by atoms with Gasteiger partial charge in [-0.3, -0.25) is 9.59 Å². The zero-order valence-corrected chi connectivity index (χ0v) is 17.6. The van der Waals surface area contributed by atoms with E-state index < -0.39 is 17.9 Å². The maximum Gasteiger partial charge on any atom is 0.416 e. The fraction of sp³-hybridized carbons (Fsp3) is 0.391. The molecule has 2 heterocycles. The number of fused-ring (bicyclic) bond motifs is 1. The molecule has 1 unspecified atom stereocenters. The van der Waals surface area contributed by atoms with Gasteiger partial charge < -0.3 is 19.9 Å². The molecule has 0 bridgehead atoms. The van der Waals surface area contributed by atoms with E-state index in [0.717, 1.165) is 29.8 Å². The third-order valence-corrected chi connectivity index (χ3v) is 6.07. The summed E-state index contributed by atoms with van der Waals surface area (Å²) < 4.78 is 43.5. The van der Waals surface area contributed by atoms with Crippen LogP contribution in [-0.2, 0) is 22.2 Å². The predicted molar refractivity (Wildman–Crippen MR) is 114 cm³/mol. The van der Waals surface area contributed by atoms with Crippen LogP contribution in [0.2, 0.25) is 0 Å². The number of anilines is 2. The first-order chi connectivity index (χ1) is 15.3. The number of piperidine rings is 1. The molecule has 2 aliphatic rings. The largest absolute Gasteiger partial charge is 0.495 e. The number of alkyl halides is 3. The summed E-state index contributed by atoms with van der Waals surface area (Å²) in [7, 11) is 1.58. The molecule has 32 heavy (non-hydrogen) atoms. The van der Waals surface area contributed by atoms with Crippen LogP contribution in [0.5, 0.6) is 5.75 Å². The molecule has 6 nitrogen and oxygen atoms in total. The second-order valence-corrected chi connectivity index (χ2v) is 7.97. The van der Waals surface area contributed by atoms with Crippen LogP contribution in [0.15, 0.2) is 42.5 Å². The Morgan fingerprint density at radius 3 is 2.44 bits per heavy atom. The summed E-state index contributed by atoms with van der Waals surface area (Å²) in [5, 5.41) is 3.21. The van der Waals surface area contributed by atoms with E-state index in [1.54, 1.807) is 12.0 Å². The number of ether oxygens (including phenoxy) is 1. The fourth-order valence-corrected chi connectivity index (χ4v) is 4.43. The molecule has 1 N–H and O–H groups in total. The number of rotatable bonds is 5. The van der Waals surface area contributed by atoms with E-state index in [0.29, 0.717) is 37.2 Å². The highest BCUT2D eigenvalue weighted by Gasteiger charge is 2.37. The van der Waals surface area contributed by atoms with Crippen LogP contribution in [0.3, 0.4) is 0 Å². The van der Waals surface area contributed by atoms with Crippen LogP contribution >= 0.6 is 0 Å². The summed E-state index contributed by atoms with van der Waals surface area (Å²) in [5.41, 5.74) is 1.51. The van der Waals surface area contributed by atoms with Crippen LogP contribution in [0.4, 0.5) is 24.5 Å². The van der Waals surface area contributed by atoms with Gasteiger partial charge in [0.05, 0.1) is 24.8 Å². The summed E-state index contributed by atoms with van der Waals surface area (Å²) in [6.07, 6.45) is -2.60. The Labute approximate surface area is 183 Å². The van der Waals surface area contributed by atoms with Gasteiger partial charge in [-0.15, -0.1) is 0 Å². The average Bonchev–Trinajstić information content (AvgIpc) is 3.17. The van der Waals surface area contributed by atoms with Gasteiger partial charge in [-0.2, -0.15) is 13.2 Å². The van der Waals surface area contributed by atoms with Gasteiger partial charge >= 0.3 is 6.18 Å². The molecule has 170 valence electrons. The Morgan fingerprint density at radius 2 is 1.84 bits per heavy atom. The molecule has 4 rings (SSSR count). The van der Waals surface area contributed by atoms with Gasteiger partial charge in [-0.1, -0.05) is 18.2 Å². The molecule has 1 amide bonds. The fourth-order valence-electron chi connectivity index (χ4n) is 4.43. The molecular formula is C23H24F3N3O3. The van der Waals surface area contributed by atoms with Crippen molar-refractivity contribution in [1.82, 2.24) is 4.90 Å². The first kappa shape index (κ1) is 22.0. The number of methoxy groups -OCH3 is 1. The van der Waals surface area contributed by atoms with Crippen LogP contribution in [-0.4, -0.2) is 49.5 Å². The summed E-state index contributed by atoms with van der Waals surface area (Å²) in [4.78, 5) is 28.2. The van der Waals surface area contributed by atoms with Crippen molar-refractivity contribution in [2.45, 2.75) is 37.6 Å². The number of nitrogens with zero attached hydrogens (tertiary/aromatic N) is 2. The number of likely N-dealkylation sites (tertiary alicyclic amines) is 1. The molecule has 0 saturated carbocycles. The molecule has 2 aromatic carbocycles. The molecular weight excluding hydrogens is 423 g/mol. The monoisotopic (exact) mass is 447 g/mol. The van der Waals surface area contributed by atoms with E-state index in [2.05, 4.69) is 5.32 Å². The van der Waals surface area contributed by atoms with Crippen LogP contribution < -0.4 is 15.0 Å². The maximum atomic E-state index is 12.7. The molecule has 2 aromatic rings. The SMILES string of the molecule is COc1cccc2c1NC(C=O)N2C1CCN(C(=O)Cc2ccc(C(F)(F)F)cc2)CC1. The van der Waals surface area contributed by atoms with Gasteiger partial charge in [0.25, 0.3) is 0 Å². The van der Waals surface area contributed by atoms with E-state index in [4.69, 9.17) is 4.74 Å². The highest BCUT2D eigenvalue weighted by Crippen LogP contribution is 2.43. The second-order valence-electron chi connectivity index (χ2n) is 7.97. The Morgan fingerprint density at radius 1 is 1.16 bits per heavy atom. The van der Waals surface area contributed by atoms with Crippen molar-refractivity contribution in [2.24, 2.45) is 0 Å². The van der Waals surface area contributed by atoms with Crippen LogP contribution in [0.1, 0.15) is 24.0 Å². The number of benzene rings is 2. The van der Waals surface area contributed by atoms with Crippen molar-refractivity contribution in [3.63, 3.8) is 0 Å². The second kappa shape index (κ2) is 8.72. The molecule has 2 aliphatic heterocycles. The van der Waals surface area contributed by atoms with Gasteiger partial charge in [0, 0.05) is 19.1 Å². The van der Waals surface area contributed by atoms with E-state index >= 15 is 0 Å². The van der Waals surface area contributed by atoms with Gasteiger partial charge in [0.15, 0.2) is 12.5 Å². The number of amides is 1. The normalized spacial score (nSPS) is 18.8. The van der Waals surface area contributed by atoms with Gasteiger partial charge in [-0.25, -0.2) is 0 Å². The van der Waals surface area contributed by atoms with Crippen molar-refractivity contribution in [1.29, 1.82) is 0 Å². The third kappa shape index (κ3) is 4.24. The number of hydrogen-bond donors (Lipinski definition) is 1. The number of carbonyl (C=O) groups excluding carboxylic acids is 2. The number of nitrogens with one attached hydrogen (secondary N) is 1. The van der Waals surface area contributed by atoms with E-state index in [9.17, 15) is 22.8 Å². The topological polar surface area (TPSA) is 61.9 Å². The van der Waals surface area contributed by atoms with E-state index in [1.165, 1.54) is 12.1 Å². The van der Waals surface area contributed by atoms with Crippen molar-refractivity contribution < 1.29 is 27.5 Å². The average molecular weight is 447 g/mol. The number of para-hydroxylation sites is 1. The van der Waals surface area contributed by atoms with Crippen molar-refractivity contribution in [2.75, 3.05) is 30.4 Å².